The third-order valence-corrected chi connectivity index (χ3v) is 4.92. The number of hydrogen-bond acceptors (Lipinski definition) is 4. The molecule has 1 aliphatic heterocycles. The maximum atomic E-state index is 12.1. The summed E-state index contributed by atoms with van der Waals surface area (Å²) in [5, 5.41) is 19.2. The Morgan fingerprint density at radius 2 is 1.80 bits per heavy atom. The van der Waals surface area contributed by atoms with Gasteiger partial charge in [-0.1, -0.05) is 18.2 Å². The number of phenolic OH excluding ortho intramolecular Hbond substituents is 1. The summed E-state index contributed by atoms with van der Waals surface area (Å²) in [6, 6.07) is 7.11. The Labute approximate surface area is 123 Å². The van der Waals surface area contributed by atoms with Crippen molar-refractivity contribution in [3.8, 4) is 5.75 Å². The molecule has 2 N–H and O–H groups in total. The van der Waals surface area contributed by atoms with Crippen LogP contribution in [0.5, 0.6) is 5.75 Å². The Balaban J connectivity index is 1.83. The monoisotopic (exact) mass is 293 g/mol. The van der Waals surface area contributed by atoms with E-state index in [1.807, 2.05) is 17.0 Å². The summed E-state index contributed by atoms with van der Waals surface area (Å²) in [6.07, 6.45) is 2.87. The molecule has 5 heteroatoms. The van der Waals surface area contributed by atoms with Crippen molar-refractivity contribution < 1.29 is 15.0 Å². The van der Waals surface area contributed by atoms with Gasteiger partial charge in [0.1, 0.15) is 11.0 Å². The summed E-state index contributed by atoms with van der Waals surface area (Å²) in [4.78, 5) is 14.0. The molecule has 0 unspecified atom stereocenters. The Hall–Kier alpha value is -1.20. The Kier molecular flexibility index (Phi) is 3.65. The minimum Gasteiger partial charge on any atom is -0.508 e. The lowest BCUT2D eigenvalue weighted by Gasteiger charge is -2.51. The van der Waals surface area contributed by atoms with Crippen LogP contribution < -0.4 is 0 Å². The number of aliphatic hydroxyl groups is 1. The smallest absolute Gasteiger partial charge is 0.238 e. The molecule has 1 aromatic carbocycles. The second-order valence-corrected chi connectivity index (χ2v) is 6.21. The third-order valence-electron chi connectivity index (χ3n) is 4.42. The van der Waals surface area contributed by atoms with Crippen LogP contribution in [0.1, 0.15) is 37.3 Å². The van der Waals surface area contributed by atoms with Gasteiger partial charge < -0.3 is 15.1 Å². The number of β-lactam (4-membered cyclic amide) rings is 1. The van der Waals surface area contributed by atoms with E-state index in [2.05, 4.69) is 12.6 Å². The van der Waals surface area contributed by atoms with E-state index in [1.54, 1.807) is 12.1 Å². The first-order chi connectivity index (χ1) is 9.59. The van der Waals surface area contributed by atoms with Gasteiger partial charge in [-0.25, -0.2) is 0 Å². The number of nitrogens with zero attached hydrogens (tertiary/aromatic N) is 1. The van der Waals surface area contributed by atoms with E-state index in [9.17, 15) is 15.0 Å². The molecule has 0 aromatic heterocycles. The van der Waals surface area contributed by atoms with E-state index < -0.39 is 0 Å². The molecule has 0 spiro atoms. The molecule has 3 rings (SSSR count). The number of aromatic hydroxyl groups is 1. The van der Waals surface area contributed by atoms with Crippen molar-refractivity contribution >= 4 is 18.5 Å². The normalized spacial score (nSPS) is 33.9. The van der Waals surface area contributed by atoms with E-state index in [0.29, 0.717) is 0 Å². The van der Waals surface area contributed by atoms with E-state index in [0.717, 1.165) is 31.2 Å². The minimum atomic E-state index is -0.379. The maximum absolute atomic E-state index is 12.1. The summed E-state index contributed by atoms with van der Waals surface area (Å²) in [6.45, 7) is 0. The summed E-state index contributed by atoms with van der Waals surface area (Å²) >= 11 is 4.38. The molecule has 1 aromatic rings. The zero-order chi connectivity index (χ0) is 14.3. The van der Waals surface area contributed by atoms with Gasteiger partial charge in [0.25, 0.3) is 0 Å². The number of para-hydroxylation sites is 1. The lowest BCUT2D eigenvalue weighted by atomic mass is 9.84. The average Bonchev–Trinajstić information content (AvgIpc) is 2.46. The Bertz CT molecular complexity index is 514. The second-order valence-electron chi connectivity index (χ2n) is 5.66. The number of phenols is 1. The first-order valence-corrected chi connectivity index (χ1v) is 7.57. The molecule has 1 aliphatic carbocycles. The van der Waals surface area contributed by atoms with Crippen LogP contribution in [0.25, 0.3) is 0 Å². The molecule has 1 heterocycles. The highest BCUT2D eigenvalue weighted by Crippen LogP contribution is 2.45. The average molecular weight is 293 g/mol. The van der Waals surface area contributed by atoms with Crippen LogP contribution in [0.15, 0.2) is 24.3 Å². The summed E-state index contributed by atoms with van der Waals surface area (Å²) in [5.74, 6) is 0.243. The van der Waals surface area contributed by atoms with E-state index in [4.69, 9.17) is 0 Å². The van der Waals surface area contributed by atoms with Gasteiger partial charge in [-0.3, -0.25) is 4.79 Å². The number of rotatable bonds is 2. The van der Waals surface area contributed by atoms with E-state index in [1.165, 1.54) is 0 Å². The second kappa shape index (κ2) is 5.30. The van der Waals surface area contributed by atoms with Crippen molar-refractivity contribution in [2.24, 2.45) is 0 Å². The third kappa shape index (κ3) is 2.19. The number of benzene rings is 1. The first-order valence-electron chi connectivity index (χ1n) is 7.06. The molecule has 4 nitrogen and oxygen atoms in total. The van der Waals surface area contributed by atoms with Crippen molar-refractivity contribution in [1.82, 2.24) is 4.90 Å². The zero-order valence-electron chi connectivity index (χ0n) is 11.1. The Morgan fingerprint density at radius 1 is 1.15 bits per heavy atom. The van der Waals surface area contributed by atoms with Crippen LogP contribution in [0.3, 0.4) is 0 Å². The van der Waals surface area contributed by atoms with Gasteiger partial charge in [0, 0.05) is 11.6 Å². The van der Waals surface area contributed by atoms with Crippen LogP contribution in [0.4, 0.5) is 0 Å². The number of aliphatic hydroxyl groups excluding tert-OH is 1. The molecular formula is C15H19NO3S. The van der Waals surface area contributed by atoms with E-state index in [-0.39, 0.29) is 35.1 Å². The predicted molar refractivity (Wildman–Crippen MR) is 78.7 cm³/mol. The van der Waals surface area contributed by atoms with Gasteiger partial charge in [0.15, 0.2) is 0 Å². The van der Waals surface area contributed by atoms with Crippen molar-refractivity contribution in [3.63, 3.8) is 0 Å². The highest BCUT2D eigenvalue weighted by Gasteiger charge is 2.50. The van der Waals surface area contributed by atoms with Crippen LogP contribution in [-0.2, 0) is 4.79 Å². The quantitative estimate of drug-likeness (QED) is 0.576. The molecular weight excluding hydrogens is 274 g/mol. The van der Waals surface area contributed by atoms with Crippen molar-refractivity contribution in [1.29, 1.82) is 0 Å². The lowest BCUT2D eigenvalue weighted by molar-refractivity contribution is -0.150. The predicted octanol–water partition coefficient (Wildman–Crippen LogP) is 1.88. The highest BCUT2D eigenvalue weighted by atomic mass is 32.1. The number of hydrogen-bond donors (Lipinski definition) is 3. The topological polar surface area (TPSA) is 60.8 Å². The Morgan fingerprint density at radius 3 is 2.45 bits per heavy atom. The lowest BCUT2D eigenvalue weighted by Crippen LogP contribution is -2.60. The largest absolute Gasteiger partial charge is 0.508 e. The van der Waals surface area contributed by atoms with Gasteiger partial charge >= 0.3 is 0 Å². The van der Waals surface area contributed by atoms with Gasteiger partial charge in [-0.15, -0.1) is 0 Å². The van der Waals surface area contributed by atoms with Gasteiger partial charge in [0.2, 0.25) is 5.91 Å². The van der Waals surface area contributed by atoms with Crippen LogP contribution in [0, 0.1) is 0 Å². The number of likely N-dealkylation sites (tertiary alicyclic amines) is 1. The van der Waals surface area contributed by atoms with E-state index >= 15 is 0 Å². The van der Waals surface area contributed by atoms with Gasteiger partial charge in [0.05, 0.1) is 12.1 Å². The molecule has 2 aliphatic rings. The summed E-state index contributed by atoms with van der Waals surface area (Å²) in [5.41, 5.74) is 0.762. The van der Waals surface area contributed by atoms with Gasteiger partial charge in [-0.2, -0.15) is 12.6 Å². The molecule has 1 saturated heterocycles. The van der Waals surface area contributed by atoms with Gasteiger partial charge in [-0.05, 0) is 31.7 Å². The zero-order valence-corrected chi connectivity index (χ0v) is 12.0. The minimum absolute atomic E-state index is 0.0305. The molecule has 108 valence electrons. The number of amides is 1. The summed E-state index contributed by atoms with van der Waals surface area (Å²) < 4.78 is 0. The number of thiol groups is 1. The van der Waals surface area contributed by atoms with Crippen molar-refractivity contribution in [2.75, 3.05) is 0 Å². The molecule has 0 radical (unpaired) electrons. The van der Waals surface area contributed by atoms with Crippen molar-refractivity contribution in [3.05, 3.63) is 29.8 Å². The molecule has 0 bridgehead atoms. The molecule has 2 atom stereocenters. The fourth-order valence-corrected chi connectivity index (χ4v) is 3.73. The molecule has 1 saturated carbocycles. The fraction of sp³-hybridized carbons (Fsp3) is 0.533. The SMILES string of the molecule is O=C1[C@H](S)[C@H](c2ccccc2O)N1C1CCC(O)CC1. The van der Waals surface area contributed by atoms with Crippen LogP contribution >= 0.6 is 12.6 Å². The number of carbonyl (C=O) groups is 1. The molecule has 1 amide bonds. The number of carbonyl (C=O) groups excluding carboxylic acids is 1. The summed E-state index contributed by atoms with van der Waals surface area (Å²) in [7, 11) is 0. The molecule has 2 fully saturated rings. The standard InChI is InChI=1S/C15H19NO3S/c17-10-7-5-9(6-8-10)16-13(14(20)15(16)19)11-3-1-2-4-12(11)18/h1-4,9-10,13-14,17-18,20H,5-8H2/t9?,10?,13-,14+/m0/s1. The maximum Gasteiger partial charge on any atom is 0.238 e. The van der Waals surface area contributed by atoms with Crippen LogP contribution in [-0.4, -0.2) is 38.4 Å². The molecule has 20 heavy (non-hydrogen) atoms. The van der Waals surface area contributed by atoms with Crippen LogP contribution in [0.2, 0.25) is 0 Å². The van der Waals surface area contributed by atoms with Crippen molar-refractivity contribution in [2.45, 2.75) is 49.1 Å². The highest BCUT2D eigenvalue weighted by molar-refractivity contribution is 7.82. The fourth-order valence-electron chi connectivity index (χ4n) is 3.30. The first kappa shape index (κ1) is 13.8.